The third-order valence-corrected chi connectivity index (χ3v) is 2.77. The molecule has 0 aliphatic rings. The van der Waals surface area contributed by atoms with Crippen molar-refractivity contribution in [2.45, 2.75) is 24.8 Å². The molecule has 0 fully saturated rings. The van der Waals surface area contributed by atoms with Gasteiger partial charge in [-0.05, 0) is 31.0 Å². The van der Waals surface area contributed by atoms with Gasteiger partial charge in [-0.15, -0.1) is 11.6 Å². The number of carbonyl (C=O) groups is 1. The third kappa shape index (κ3) is 4.94. The number of amides is 1. The second-order valence-electron chi connectivity index (χ2n) is 3.83. The van der Waals surface area contributed by atoms with Crippen LogP contribution in [-0.4, -0.2) is 29.0 Å². The molecule has 1 aromatic rings. The minimum Gasteiger partial charge on any atom is -0.394 e. The highest BCUT2D eigenvalue weighted by Crippen LogP contribution is 2.11. The van der Waals surface area contributed by atoms with E-state index in [1.54, 1.807) is 19.1 Å². The van der Waals surface area contributed by atoms with E-state index in [1.807, 2.05) is 12.1 Å². The summed E-state index contributed by atoms with van der Waals surface area (Å²) >= 11 is 11.4. The first-order valence-corrected chi connectivity index (χ1v) is 6.14. The fraction of sp³-hybridized carbons (Fsp3) is 0.417. The van der Waals surface area contributed by atoms with E-state index in [4.69, 9.17) is 23.2 Å². The average molecular weight is 276 g/mol. The Morgan fingerprint density at radius 2 is 2.00 bits per heavy atom. The van der Waals surface area contributed by atoms with E-state index in [2.05, 4.69) is 5.32 Å². The molecule has 1 rings (SSSR count). The zero-order chi connectivity index (χ0) is 12.8. The molecule has 0 radical (unpaired) electrons. The number of carbonyl (C=O) groups excluding carboxylic acids is 1. The number of nitrogens with one attached hydrogen (secondary N) is 1. The number of alkyl halides is 1. The molecular weight excluding hydrogens is 261 g/mol. The lowest BCUT2D eigenvalue weighted by atomic mass is 10.1. The van der Waals surface area contributed by atoms with Crippen LogP contribution < -0.4 is 5.32 Å². The Labute approximate surface area is 111 Å². The van der Waals surface area contributed by atoms with Gasteiger partial charge in [0, 0.05) is 5.02 Å². The van der Waals surface area contributed by atoms with E-state index in [9.17, 15) is 9.90 Å². The molecule has 0 spiro atoms. The Kier molecular flexibility index (Phi) is 5.75. The van der Waals surface area contributed by atoms with Crippen LogP contribution in [0, 0.1) is 0 Å². The summed E-state index contributed by atoms with van der Waals surface area (Å²) in [6.45, 7) is 1.46. The van der Waals surface area contributed by atoms with Gasteiger partial charge in [0.15, 0.2) is 0 Å². The highest BCUT2D eigenvalue weighted by molar-refractivity contribution is 6.30. The van der Waals surface area contributed by atoms with Gasteiger partial charge in [-0.2, -0.15) is 0 Å². The lowest BCUT2D eigenvalue weighted by Crippen LogP contribution is -2.42. The lowest BCUT2D eigenvalue weighted by Gasteiger charge is -2.17. The summed E-state index contributed by atoms with van der Waals surface area (Å²) in [5.74, 6) is -0.278. The van der Waals surface area contributed by atoms with Crippen LogP contribution in [0.5, 0.6) is 0 Å². The Hall–Kier alpha value is -0.770. The first kappa shape index (κ1) is 14.3. The molecule has 2 N–H and O–H groups in total. The number of aliphatic hydroxyl groups is 1. The van der Waals surface area contributed by atoms with Gasteiger partial charge in [0.1, 0.15) is 5.38 Å². The van der Waals surface area contributed by atoms with E-state index < -0.39 is 5.38 Å². The van der Waals surface area contributed by atoms with Crippen molar-refractivity contribution in [3.63, 3.8) is 0 Å². The summed E-state index contributed by atoms with van der Waals surface area (Å²) in [5.41, 5.74) is 0.996. The maximum atomic E-state index is 11.4. The smallest absolute Gasteiger partial charge is 0.238 e. The fourth-order valence-corrected chi connectivity index (χ4v) is 1.57. The van der Waals surface area contributed by atoms with Gasteiger partial charge in [0.05, 0.1) is 12.6 Å². The summed E-state index contributed by atoms with van der Waals surface area (Å²) in [6, 6.07) is 6.95. The molecule has 17 heavy (non-hydrogen) atoms. The van der Waals surface area contributed by atoms with Crippen LogP contribution in [0.3, 0.4) is 0 Å². The number of halogens is 2. The van der Waals surface area contributed by atoms with Crippen molar-refractivity contribution < 1.29 is 9.90 Å². The number of rotatable bonds is 5. The Morgan fingerprint density at radius 1 is 1.41 bits per heavy atom. The molecule has 0 heterocycles. The Morgan fingerprint density at radius 3 is 2.47 bits per heavy atom. The van der Waals surface area contributed by atoms with Crippen LogP contribution in [0.4, 0.5) is 0 Å². The minimum absolute atomic E-state index is 0.127. The molecular formula is C12H15Cl2NO2. The molecule has 0 saturated heterocycles. The van der Waals surface area contributed by atoms with Gasteiger partial charge in [0.2, 0.25) is 5.91 Å². The topological polar surface area (TPSA) is 49.3 Å². The van der Waals surface area contributed by atoms with E-state index in [-0.39, 0.29) is 18.6 Å². The van der Waals surface area contributed by atoms with Crippen LogP contribution in [0.2, 0.25) is 5.02 Å². The zero-order valence-electron chi connectivity index (χ0n) is 9.49. The van der Waals surface area contributed by atoms with Crippen LogP contribution in [0.25, 0.3) is 0 Å². The van der Waals surface area contributed by atoms with E-state index in [1.165, 1.54) is 0 Å². The molecule has 2 atom stereocenters. The first-order chi connectivity index (χ1) is 8.02. The summed E-state index contributed by atoms with van der Waals surface area (Å²) in [4.78, 5) is 11.4. The zero-order valence-corrected chi connectivity index (χ0v) is 11.0. The Bertz CT molecular complexity index is 365. The minimum atomic E-state index is -0.603. The largest absolute Gasteiger partial charge is 0.394 e. The summed E-state index contributed by atoms with van der Waals surface area (Å²) in [5, 5.41) is 11.9. The Balaban J connectivity index is 2.57. The maximum absolute atomic E-state index is 11.4. The monoisotopic (exact) mass is 275 g/mol. The van der Waals surface area contributed by atoms with Crippen molar-refractivity contribution in [2.24, 2.45) is 0 Å². The van der Waals surface area contributed by atoms with Crippen molar-refractivity contribution in [2.75, 3.05) is 6.61 Å². The summed E-state index contributed by atoms with van der Waals surface area (Å²) < 4.78 is 0. The lowest BCUT2D eigenvalue weighted by molar-refractivity contribution is -0.121. The van der Waals surface area contributed by atoms with Crippen molar-refractivity contribution in [3.05, 3.63) is 34.9 Å². The van der Waals surface area contributed by atoms with E-state index in [0.29, 0.717) is 11.4 Å². The van der Waals surface area contributed by atoms with Gasteiger partial charge in [-0.1, -0.05) is 23.7 Å². The predicted octanol–water partition coefficient (Wildman–Crippen LogP) is 1.99. The predicted molar refractivity (Wildman–Crippen MR) is 69.5 cm³/mol. The van der Waals surface area contributed by atoms with Gasteiger partial charge >= 0.3 is 0 Å². The van der Waals surface area contributed by atoms with E-state index in [0.717, 1.165) is 5.56 Å². The molecule has 3 nitrogen and oxygen atoms in total. The second-order valence-corrected chi connectivity index (χ2v) is 4.93. The molecule has 0 bridgehead atoms. The maximum Gasteiger partial charge on any atom is 0.238 e. The van der Waals surface area contributed by atoms with Crippen molar-refractivity contribution in [1.82, 2.24) is 5.32 Å². The molecule has 0 aliphatic carbocycles. The van der Waals surface area contributed by atoms with Crippen molar-refractivity contribution in [1.29, 1.82) is 0 Å². The average Bonchev–Trinajstić information content (AvgIpc) is 2.30. The normalized spacial score (nSPS) is 14.1. The van der Waals surface area contributed by atoms with Crippen LogP contribution >= 0.6 is 23.2 Å². The van der Waals surface area contributed by atoms with Crippen LogP contribution in [0.1, 0.15) is 12.5 Å². The SMILES string of the molecule is C[C@@H](Cl)C(=O)N[C@H](CO)Cc1ccc(Cl)cc1. The first-order valence-electron chi connectivity index (χ1n) is 5.32. The van der Waals surface area contributed by atoms with E-state index >= 15 is 0 Å². The van der Waals surface area contributed by atoms with Crippen molar-refractivity contribution in [3.8, 4) is 0 Å². The van der Waals surface area contributed by atoms with Crippen LogP contribution in [-0.2, 0) is 11.2 Å². The molecule has 1 amide bonds. The number of benzene rings is 1. The molecule has 1 aromatic carbocycles. The number of hydrogen-bond acceptors (Lipinski definition) is 2. The highest BCUT2D eigenvalue weighted by atomic mass is 35.5. The number of aliphatic hydroxyl groups excluding tert-OH is 1. The highest BCUT2D eigenvalue weighted by Gasteiger charge is 2.15. The summed E-state index contributed by atoms with van der Waals surface area (Å²) in [6.07, 6.45) is 0.545. The third-order valence-electron chi connectivity index (χ3n) is 2.32. The summed E-state index contributed by atoms with van der Waals surface area (Å²) in [7, 11) is 0. The van der Waals surface area contributed by atoms with Gasteiger partial charge in [-0.25, -0.2) is 0 Å². The second kappa shape index (κ2) is 6.84. The van der Waals surface area contributed by atoms with Crippen LogP contribution in [0.15, 0.2) is 24.3 Å². The molecule has 0 aromatic heterocycles. The fourth-order valence-electron chi connectivity index (χ4n) is 1.38. The van der Waals surface area contributed by atoms with Crippen molar-refractivity contribution >= 4 is 29.1 Å². The molecule has 0 aliphatic heterocycles. The van der Waals surface area contributed by atoms with Gasteiger partial charge in [-0.3, -0.25) is 4.79 Å². The quantitative estimate of drug-likeness (QED) is 0.808. The number of hydrogen-bond donors (Lipinski definition) is 2. The molecule has 0 saturated carbocycles. The standard InChI is InChI=1S/C12H15Cl2NO2/c1-8(13)12(17)15-11(7-16)6-9-2-4-10(14)5-3-9/h2-5,8,11,16H,6-7H2,1H3,(H,15,17)/t8-,11+/m1/s1. The molecule has 0 unspecified atom stereocenters. The van der Waals surface area contributed by atoms with Gasteiger partial charge < -0.3 is 10.4 Å². The molecule has 5 heteroatoms. The molecule has 94 valence electrons. The van der Waals surface area contributed by atoms with Gasteiger partial charge in [0.25, 0.3) is 0 Å².